The van der Waals surface area contributed by atoms with E-state index in [2.05, 4.69) is 9.44 Å². The molecular weight excluding hydrogens is 554 g/mol. The summed E-state index contributed by atoms with van der Waals surface area (Å²) in [5.41, 5.74) is 1.47. The molecule has 0 radical (unpaired) electrons. The van der Waals surface area contributed by atoms with Crippen LogP contribution in [0.15, 0.2) is 75.4 Å². The SMILES string of the molecule is CSc1ccc(S(=O)(=O)Nc2ccc(S(=O)(=O)Nc3cccc(Cl)c3C)cc2)cc1C(=O)N1CCCC1. The Morgan fingerprint density at radius 1 is 0.892 bits per heavy atom. The first-order valence-electron chi connectivity index (χ1n) is 11.4. The summed E-state index contributed by atoms with van der Waals surface area (Å²) in [5, 5.41) is 0.431. The van der Waals surface area contributed by atoms with Gasteiger partial charge < -0.3 is 4.90 Å². The molecule has 0 unspecified atom stereocenters. The number of halogens is 1. The van der Waals surface area contributed by atoms with Gasteiger partial charge in [0.2, 0.25) is 0 Å². The van der Waals surface area contributed by atoms with E-state index < -0.39 is 20.0 Å². The molecule has 1 amide bonds. The molecule has 37 heavy (non-hydrogen) atoms. The van der Waals surface area contributed by atoms with Gasteiger partial charge in [-0.2, -0.15) is 0 Å². The lowest BCUT2D eigenvalue weighted by atomic mass is 10.2. The zero-order valence-electron chi connectivity index (χ0n) is 20.2. The number of benzene rings is 3. The molecule has 2 N–H and O–H groups in total. The first kappa shape index (κ1) is 27.3. The lowest BCUT2D eigenvalue weighted by Gasteiger charge is -2.18. The van der Waals surface area contributed by atoms with E-state index in [4.69, 9.17) is 11.6 Å². The smallest absolute Gasteiger partial charge is 0.261 e. The first-order valence-corrected chi connectivity index (χ1v) is 16.0. The number of sulfonamides is 2. The third-order valence-corrected chi connectivity index (χ3v) is 10.00. The summed E-state index contributed by atoms with van der Waals surface area (Å²) in [6.07, 6.45) is 3.69. The van der Waals surface area contributed by atoms with Crippen molar-refractivity contribution in [3.8, 4) is 0 Å². The molecule has 0 saturated carbocycles. The molecule has 1 aliphatic heterocycles. The Hall–Kier alpha value is -2.73. The van der Waals surface area contributed by atoms with Crippen LogP contribution in [0.5, 0.6) is 0 Å². The minimum atomic E-state index is -4.03. The van der Waals surface area contributed by atoms with Crippen LogP contribution in [0.2, 0.25) is 5.02 Å². The number of amides is 1. The van der Waals surface area contributed by atoms with Gasteiger partial charge in [-0.25, -0.2) is 16.8 Å². The predicted molar refractivity (Wildman–Crippen MR) is 148 cm³/mol. The molecular formula is C25H26ClN3O5S3. The van der Waals surface area contributed by atoms with Crippen molar-refractivity contribution >= 4 is 60.7 Å². The molecule has 1 fully saturated rings. The van der Waals surface area contributed by atoms with Crippen LogP contribution in [0, 0.1) is 6.92 Å². The minimum absolute atomic E-state index is 0.0438. The molecule has 1 heterocycles. The highest BCUT2D eigenvalue weighted by atomic mass is 35.5. The number of carbonyl (C=O) groups is 1. The second-order valence-electron chi connectivity index (χ2n) is 8.51. The summed E-state index contributed by atoms with van der Waals surface area (Å²) >= 11 is 7.46. The number of hydrogen-bond acceptors (Lipinski definition) is 6. The van der Waals surface area contributed by atoms with E-state index in [1.54, 1.807) is 36.1 Å². The summed E-state index contributed by atoms with van der Waals surface area (Å²) in [6.45, 7) is 3.01. The van der Waals surface area contributed by atoms with Crippen molar-refractivity contribution in [2.24, 2.45) is 0 Å². The highest BCUT2D eigenvalue weighted by Crippen LogP contribution is 2.29. The molecule has 12 heteroatoms. The van der Waals surface area contributed by atoms with Gasteiger partial charge >= 0.3 is 0 Å². The fourth-order valence-corrected chi connectivity index (χ4v) is 6.90. The Kier molecular flexibility index (Phi) is 8.08. The topological polar surface area (TPSA) is 113 Å². The molecule has 1 aliphatic rings. The van der Waals surface area contributed by atoms with Crippen molar-refractivity contribution in [1.82, 2.24) is 4.90 Å². The Bertz CT molecular complexity index is 1540. The van der Waals surface area contributed by atoms with Gasteiger partial charge in [0.05, 0.1) is 21.0 Å². The van der Waals surface area contributed by atoms with E-state index >= 15 is 0 Å². The molecule has 1 saturated heterocycles. The highest BCUT2D eigenvalue weighted by molar-refractivity contribution is 7.98. The van der Waals surface area contributed by atoms with Gasteiger partial charge in [-0.3, -0.25) is 14.2 Å². The van der Waals surface area contributed by atoms with Gasteiger partial charge in [0.1, 0.15) is 0 Å². The molecule has 4 rings (SSSR count). The van der Waals surface area contributed by atoms with Gasteiger partial charge in [-0.15, -0.1) is 11.8 Å². The molecule has 0 atom stereocenters. The van der Waals surface area contributed by atoms with E-state index in [1.807, 2.05) is 6.26 Å². The Labute approximate surface area is 226 Å². The Morgan fingerprint density at radius 2 is 1.51 bits per heavy atom. The first-order chi connectivity index (χ1) is 17.5. The number of anilines is 2. The molecule has 3 aromatic rings. The van der Waals surface area contributed by atoms with Gasteiger partial charge in [0.25, 0.3) is 26.0 Å². The highest BCUT2D eigenvalue weighted by Gasteiger charge is 2.25. The van der Waals surface area contributed by atoms with E-state index in [0.717, 1.165) is 12.8 Å². The lowest BCUT2D eigenvalue weighted by Crippen LogP contribution is -2.28. The fraction of sp³-hybridized carbons (Fsp3) is 0.240. The summed E-state index contributed by atoms with van der Waals surface area (Å²) in [6, 6.07) is 14.7. The maximum Gasteiger partial charge on any atom is 0.261 e. The third-order valence-electron chi connectivity index (χ3n) is 6.03. The molecule has 0 aromatic heterocycles. The number of hydrogen-bond donors (Lipinski definition) is 2. The standard InChI is InChI=1S/C25H26ClN3O5S3/c1-17-22(26)6-5-7-23(17)28-36(31,32)19-10-8-18(9-11-19)27-37(33,34)20-12-13-24(35-2)21(16-20)25(30)29-14-3-4-15-29/h5-13,16,27-28H,3-4,14-15H2,1-2H3. The third kappa shape index (κ3) is 6.06. The number of likely N-dealkylation sites (tertiary alicyclic amines) is 1. The van der Waals surface area contributed by atoms with E-state index in [9.17, 15) is 21.6 Å². The molecule has 0 bridgehead atoms. The fourth-order valence-electron chi connectivity index (χ4n) is 3.95. The molecule has 3 aromatic carbocycles. The van der Waals surface area contributed by atoms with Gasteiger partial charge in [-0.1, -0.05) is 17.7 Å². The van der Waals surface area contributed by atoms with Crippen LogP contribution in [0.25, 0.3) is 0 Å². The van der Waals surface area contributed by atoms with Crippen LogP contribution in [-0.2, 0) is 20.0 Å². The van der Waals surface area contributed by atoms with Crippen LogP contribution in [0.3, 0.4) is 0 Å². The number of rotatable bonds is 8. The van der Waals surface area contributed by atoms with Crippen LogP contribution in [0.4, 0.5) is 11.4 Å². The summed E-state index contributed by atoms with van der Waals surface area (Å²) in [4.78, 5) is 15.3. The van der Waals surface area contributed by atoms with Crippen molar-refractivity contribution in [2.45, 2.75) is 34.5 Å². The van der Waals surface area contributed by atoms with Crippen molar-refractivity contribution in [3.05, 3.63) is 76.8 Å². The molecule has 196 valence electrons. The number of nitrogens with zero attached hydrogens (tertiary/aromatic N) is 1. The molecule has 0 aliphatic carbocycles. The van der Waals surface area contributed by atoms with Crippen molar-refractivity contribution < 1.29 is 21.6 Å². The van der Waals surface area contributed by atoms with Gasteiger partial charge in [-0.05, 0) is 86.2 Å². The predicted octanol–water partition coefficient (Wildman–Crippen LogP) is 5.21. The summed E-state index contributed by atoms with van der Waals surface area (Å²) in [5.74, 6) is -0.184. The largest absolute Gasteiger partial charge is 0.339 e. The molecule has 8 nitrogen and oxygen atoms in total. The molecule has 0 spiro atoms. The van der Waals surface area contributed by atoms with Gasteiger partial charge in [0, 0.05) is 28.7 Å². The van der Waals surface area contributed by atoms with Crippen molar-refractivity contribution in [2.75, 3.05) is 28.8 Å². The van der Waals surface area contributed by atoms with Gasteiger partial charge in [0.15, 0.2) is 0 Å². The number of carbonyl (C=O) groups excluding carboxylic acids is 1. The average molecular weight is 580 g/mol. The zero-order valence-corrected chi connectivity index (χ0v) is 23.4. The maximum atomic E-state index is 13.1. The van der Waals surface area contributed by atoms with Crippen molar-refractivity contribution in [1.29, 1.82) is 0 Å². The van der Waals surface area contributed by atoms with Crippen LogP contribution >= 0.6 is 23.4 Å². The summed E-state index contributed by atoms with van der Waals surface area (Å²) < 4.78 is 56.8. The Balaban J connectivity index is 1.54. The normalized spacial score (nSPS) is 14.0. The van der Waals surface area contributed by atoms with E-state index in [1.165, 1.54) is 48.2 Å². The van der Waals surface area contributed by atoms with Crippen LogP contribution in [-0.4, -0.2) is 47.0 Å². The zero-order chi connectivity index (χ0) is 26.8. The van der Waals surface area contributed by atoms with Crippen molar-refractivity contribution in [3.63, 3.8) is 0 Å². The second kappa shape index (κ2) is 10.9. The monoisotopic (exact) mass is 579 g/mol. The number of thioether (sulfide) groups is 1. The summed E-state index contributed by atoms with van der Waals surface area (Å²) in [7, 11) is -7.96. The average Bonchev–Trinajstić information content (AvgIpc) is 3.41. The second-order valence-corrected chi connectivity index (χ2v) is 13.1. The lowest BCUT2D eigenvalue weighted by molar-refractivity contribution is 0.0789. The van der Waals surface area contributed by atoms with E-state index in [0.29, 0.717) is 39.8 Å². The quantitative estimate of drug-likeness (QED) is 0.354. The van der Waals surface area contributed by atoms with Crippen LogP contribution < -0.4 is 9.44 Å². The number of nitrogens with one attached hydrogen (secondary N) is 2. The Morgan fingerprint density at radius 3 is 2.16 bits per heavy atom. The van der Waals surface area contributed by atoms with E-state index in [-0.39, 0.29) is 21.4 Å². The minimum Gasteiger partial charge on any atom is -0.339 e. The maximum absolute atomic E-state index is 13.1. The van der Waals surface area contributed by atoms with Crippen LogP contribution in [0.1, 0.15) is 28.8 Å².